The molecule has 0 aromatic carbocycles. The standard InChI is InChI=1S/C9H14N8O/c1-6(5-18)12-7-13-8(16-10)15-9(14-7)17-4-2-3-11-17/h2-4,6,18H,5,10H2,1H3,(H2,12,13,14,15,16). The van der Waals surface area contributed by atoms with Gasteiger partial charge in [-0.1, -0.05) is 0 Å². The molecule has 0 saturated carbocycles. The Kier molecular flexibility index (Phi) is 3.65. The molecule has 96 valence electrons. The van der Waals surface area contributed by atoms with Crippen LogP contribution in [0.3, 0.4) is 0 Å². The van der Waals surface area contributed by atoms with E-state index in [0.29, 0.717) is 11.9 Å². The van der Waals surface area contributed by atoms with Crippen LogP contribution in [-0.2, 0) is 0 Å². The molecule has 0 radical (unpaired) electrons. The van der Waals surface area contributed by atoms with Crippen molar-refractivity contribution < 1.29 is 5.11 Å². The Labute approximate surface area is 103 Å². The zero-order valence-corrected chi connectivity index (χ0v) is 9.78. The second-order valence-corrected chi connectivity index (χ2v) is 3.61. The van der Waals surface area contributed by atoms with E-state index in [0.717, 1.165) is 0 Å². The highest BCUT2D eigenvalue weighted by Gasteiger charge is 2.09. The third-order valence-electron chi connectivity index (χ3n) is 2.11. The highest BCUT2D eigenvalue weighted by atomic mass is 16.3. The van der Waals surface area contributed by atoms with Crippen LogP contribution in [0.2, 0.25) is 0 Å². The van der Waals surface area contributed by atoms with E-state index in [-0.39, 0.29) is 18.6 Å². The lowest BCUT2D eigenvalue weighted by atomic mass is 10.4. The second kappa shape index (κ2) is 5.38. The molecule has 1 unspecified atom stereocenters. The average Bonchev–Trinajstić information content (AvgIpc) is 2.92. The monoisotopic (exact) mass is 250 g/mol. The summed E-state index contributed by atoms with van der Waals surface area (Å²) in [6.45, 7) is 1.76. The number of rotatable bonds is 5. The third-order valence-corrected chi connectivity index (χ3v) is 2.11. The molecule has 0 aliphatic rings. The number of aromatic nitrogens is 5. The van der Waals surface area contributed by atoms with Gasteiger partial charge in [0, 0.05) is 18.4 Å². The van der Waals surface area contributed by atoms with Crippen LogP contribution in [0.1, 0.15) is 6.92 Å². The summed E-state index contributed by atoms with van der Waals surface area (Å²) in [6.07, 6.45) is 3.32. The molecule has 2 aromatic heterocycles. The smallest absolute Gasteiger partial charge is 0.257 e. The summed E-state index contributed by atoms with van der Waals surface area (Å²) in [5.74, 6) is 6.15. The van der Waals surface area contributed by atoms with Crippen LogP contribution in [0, 0.1) is 0 Å². The average molecular weight is 250 g/mol. The highest BCUT2D eigenvalue weighted by Crippen LogP contribution is 2.08. The topological polar surface area (TPSA) is 127 Å². The summed E-state index contributed by atoms with van der Waals surface area (Å²) < 4.78 is 1.48. The molecule has 5 N–H and O–H groups in total. The largest absolute Gasteiger partial charge is 0.394 e. The molecule has 0 bridgehead atoms. The lowest BCUT2D eigenvalue weighted by molar-refractivity contribution is 0.281. The van der Waals surface area contributed by atoms with E-state index < -0.39 is 0 Å². The molecule has 2 heterocycles. The lowest BCUT2D eigenvalue weighted by Crippen LogP contribution is -2.23. The van der Waals surface area contributed by atoms with Gasteiger partial charge in [-0.3, -0.25) is 5.43 Å². The molecule has 0 aliphatic carbocycles. The lowest BCUT2D eigenvalue weighted by Gasteiger charge is -2.12. The SMILES string of the molecule is CC(CO)Nc1nc(NN)nc(-n2cccn2)n1. The van der Waals surface area contributed by atoms with Gasteiger partial charge < -0.3 is 10.4 Å². The molecule has 0 aliphatic heterocycles. The van der Waals surface area contributed by atoms with Crippen LogP contribution >= 0.6 is 0 Å². The molecular weight excluding hydrogens is 236 g/mol. The van der Waals surface area contributed by atoms with Crippen LogP contribution in [-0.4, -0.2) is 42.5 Å². The Hall–Kier alpha value is -2.26. The van der Waals surface area contributed by atoms with E-state index in [2.05, 4.69) is 30.8 Å². The molecule has 0 fully saturated rings. The molecule has 18 heavy (non-hydrogen) atoms. The quantitative estimate of drug-likeness (QED) is 0.398. The van der Waals surface area contributed by atoms with Gasteiger partial charge >= 0.3 is 0 Å². The number of nitrogens with zero attached hydrogens (tertiary/aromatic N) is 5. The van der Waals surface area contributed by atoms with E-state index in [9.17, 15) is 0 Å². The van der Waals surface area contributed by atoms with Crippen molar-refractivity contribution in [3.05, 3.63) is 18.5 Å². The van der Waals surface area contributed by atoms with E-state index in [4.69, 9.17) is 10.9 Å². The van der Waals surface area contributed by atoms with Gasteiger partial charge in [0.1, 0.15) is 0 Å². The molecule has 1 atom stereocenters. The van der Waals surface area contributed by atoms with Crippen molar-refractivity contribution in [3.8, 4) is 5.95 Å². The maximum Gasteiger partial charge on any atom is 0.257 e. The van der Waals surface area contributed by atoms with Crippen molar-refractivity contribution in [3.63, 3.8) is 0 Å². The minimum Gasteiger partial charge on any atom is -0.394 e. The summed E-state index contributed by atoms with van der Waals surface area (Å²) in [7, 11) is 0. The Bertz CT molecular complexity index is 499. The van der Waals surface area contributed by atoms with E-state index in [1.165, 1.54) is 4.68 Å². The van der Waals surface area contributed by atoms with Crippen LogP contribution in [0.5, 0.6) is 0 Å². The Morgan fingerprint density at radius 2 is 2.17 bits per heavy atom. The first kappa shape index (κ1) is 12.2. The van der Waals surface area contributed by atoms with Crippen LogP contribution in [0.25, 0.3) is 5.95 Å². The number of hydrogen-bond acceptors (Lipinski definition) is 8. The molecule has 9 heteroatoms. The number of aliphatic hydroxyl groups is 1. The zero-order valence-electron chi connectivity index (χ0n) is 9.78. The number of aliphatic hydroxyl groups excluding tert-OH is 1. The summed E-state index contributed by atoms with van der Waals surface area (Å²) in [6, 6.07) is 1.58. The second-order valence-electron chi connectivity index (χ2n) is 3.61. The van der Waals surface area contributed by atoms with Gasteiger partial charge in [0.15, 0.2) is 0 Å². The van der Waals surface area contributed by atoms with E-state index in [1.807, 2.05) is 0 Å². The fourth-order valence-electron chi connectivity index (χ4n) is 1.25. The maximum absolute atomic E-state index is 8.98. The predicted octanol–water partition coefficient (Wildman–Crippen LogP) is -0.864. The normalized spacial score (nSPS) is 12.2. The first-order valence-corrected chi connectivity index (χ1v) is 5.33. The first-order valence-electron chi connectivity index (χ1n) is 5.33. The van der Waals surface area contributed by atoms with Crippen molar-refractivity contribution in [2.24, 2.45) is 5.84 Å². The number of hydrazine groups is 1. The molecule has 2 rings (SSSR count). The minimum absolute atomic E-state index is 0.0336. The van der Waals surface area contributed by atoms with Crippen molar-refractivity contribution >= 4 is 11.9 Å². The zero-order chi connectivity index (χ0) is 13.0. The van der Waals surface area contributed by atoms with Gasteiger partial charge in [-0.05, 0) is 13.0 Å². The summed E-state index contributed by atoms with van der Waals surface area (Å²) in [4.78, 5) is 12.3. The van der Waals surface area contributed by atoms with Crippen molar-refractivity contribution in [1.82, 2.24) is 24.7 Å². The van der Waals surface area contributed by atoms with E-state index in [1.54, 1.807) is 25.4 Å². The Morgan fingerprint density at radius 1 is 1.39 bits per heavy atom. The number of nitrogen functional groups attached to an aromatic ring is 1. The predicted molar refractivity (Wildman–Crippen MR) is 64.9 cm³/mol. The molecule has 0 spiro atoms. The number of hydrogen-bond donors (Lipinski definition) is 4. The molecule has 9 nitrogen and oxygen atoms in total. The fraction of sp³-hybridized carbons (Fsp3) is 0.333. The van der Waals surface area contributed by atoms with Gasteiger partial charge in [-0.15, -0.1) is 0 Å². The van der Waals surface area contributed by atoms with Crippen LogP contribution < -0.4 is 16.6 Å². The maximum atomic E-state index is 8.98. The number of nitrogens with two attached hydrogens (primary N) is 1. The molecule has 0 amide bonds. The van der Waals surface area contributed by atoms with E-state index >= 15 is 0 Å². The molecule has 0 saturated heterocycles. The van der Waals surface area contributed by atoms with Gasteiger partial charge in [0.05, 0.1) is 6.61 Å². The summed E-state index contributed by atoms with van der Waals surface area (Å²) in [5, 5.41) is 15.9. The summed E-state index contributed by atoms with van der Waals surface area (Å²) >= 11 is 0. The number of nitrogens with one attached hydrogen (secondary N) is 2. The minimum atomic E-state index is -0.177. The molecular formula is C9H14N8O. The van der Waals surface area contributed by atoms with Crippen molar-refractivity contribution in [1.29, 1.82) is 0 Å². The van der Waals surface area contributed by atoms with Gasteiger partial charge in [0.25, 0.3) is 5.95 Å². The van der Waals surface area contributed by atoms with Gasteiger partial charge in [-0.2, -0.15) is 20.1 Å². The van der Waals surface area contributed by atoms with Gasteiger partial charge in [0.2, 0.25) is 11.9 Å². The van der Waals surface area contributed by atoms with Crippen molar-refractivity contribution in [2.75, 3.05) is 17.3 Å². The molecule has 2 aromatic rings. The van der Waals surface area contributed by atoms with Crippen LogP contribution in [0.4, 0.5) is 11.9 Å². The highest BCUT2D eigenvalue weighted by molar-refractivity contribution is 5.37. The third kappa shape index (κ3) is 2.70. The fourth-order valence-corrected chi connectivity index (χ4v) is 1.25. The van der Waals surface area contributed by atoms with Crippen LogP contribution in [0.15, 0.2) is 18.5 Å². The number of anilines is 2. The Balaban J connectivity index is 2.33. The summed E-state index contributed by atoms with van der Waals surface area (Å²) in [5.41, 5.74) is 2.36. The Morgan fingerprint density at radius 3 is 2.78 bits per heavy atom. The van der Waals surface area contributed by atoms with Gasteiger partial charge in [-0.25, -0.2) is 10.5 Å². The first-order chi connectivity index (χ1) is 8.72. The van der Waals surface area contributed by atoms with Crippen molar-refractivity contribution in [2.45, 2.75) is 13.0 Å².